The van der Waals surface area contributed by atoms with Crippen LogP contribution in [0, 0.1) is 11.6 Å². The average Bonchev–Trinajstić information content (AvgIpc) is 2.69. The van der Waals surface area contributed by atoms with Crippen molar-refractivity contribution in [3.63, 3.8) is 0 Å². The summed E-state index contributed by atoms with van der Waals surface area (Å²) in [6.45, 7) is -0.391. The standard InChI is InChI=1S/C10H8F2N2O/c11-8-3-7(5-15)4-9(12)10(8)14-2-1-13-6-14/h1-4,6,15H,5H2. The number of rotatable bonds is 2. The predicted molar refractivity (Wildman–Crippen MR) is 49.4 cm³/mol. The minimum atomic E-state index is -0.725. The number of aliphatic hydroxyl groups excluding tert-OH is 1. The lowest BCUT2D eigenvalue weighted by molar-refractivity contribution is 0.280. The molecule has 0 aliphatic heterocycles. The van der Waals surface area contributed by atoms with E-state index in [0.717, 1.165) is 12.1 Å². The van der Waals surface area contributed by atoms with Gasteiger partial charge < -0.3 is 9.67 Å². The van der Waals surface area contributed by atoms with E-state index >= 15 is 0 Å². The highest BCUT2D eigenvalue weighted by atomic mass is 19.1. The molecule has 0 saturated carbocycles. The second-order valence-corrected chi connectivity index (χ2v) is 3.04. The fourth-order valence-corrected chi connectivity index (χ4v) is 1.35. The smallest absolute Gasteiger partial charge is 0.150 e. The molecular formula is C10H8F2N2O. The maximum Gasteiger partial charge on any atom is 0.150 e. The van der Waals surface area contributed by atoms with Gasteiger partial charge in [0.1, 0.15) is 5.69 Å². The molecule has 78 valence electrons. The highest BCUT2D eigenvalue weighted by Crippen LogP contribution is 2.19. The second-order valence-electron chi connectivity index (χ2n) is 3.04. The summed E-state index contributed by atoms with van der Waals surface area (Å²) in [5.41, 5.74) is 0.0126. The lowest BCUT2D eigenvalue weighted by Gasteiger charge is -2.07. The molecule has 3 nitrogen and oxygen atoms in total. The van der Waals surface area contributed by atoms with Crippen molar-refractivity contribution in [3.05, 3.63) is 48.1 Å². The number of hydrogen-bond donors (Lipinski definition) is 1. The number of halogens is 2. The molecule has 0 spiro atoms. The Morgan fingerprint density at radius 1 is 1.27 bits per heavy atom. The maximum absolute atomic E-state index is 13.5. The van der Waals surface area contributed by atoms with Crippen LogP contribution in [-0.4, -0.2) is 14.7 Å². The molecule has 5 heteroatoms. The number of hydrogen-bond acceptors (Lipinski definition) is 2. The normalized spacial score (nSPS) is 10.6. The van der Waals surface area contributed by atoms with E-state index in [2.05, 4.69) is 4.98 Å². The van der Waals surface area contributed by atoms with Gasteiger partial charge in [-0.25, -0.2) is 13.8 Å². The van der Waals surface area contributed by atoms with Gasteiger partial charge in [-0.15, -0.1) is 0 Å². The Labute approximate surface area is 84.6 Å². The quantitative estimate of drug-likeness (QED) is 0.818. The van der Waals surface area contributed by atoms with Crippen molar-refractivity contribution in [2.45, 2.75) is 6.61 Å². The van der Waals surface area contributed by atoms with E-state index in [0.29, 0.717) is 0 Å². The topological polar surface area (TPSA) is 38.0 Å². The van der Waals surface area contributed by atoms with Crippen molar-refractivity contribution >= 4 is 0 Å². The van der Waals surface area contributed by atoms with Crippen molar-refractivity contribution < 1.29 is 13.9 Å². The van der Waals surface area contributed by atoms with Gasteiger partial charge in [0, 0.05) is 12.4 Å². The van der Waals surface area contributed by atoms with Gasteiger partial charge in [0.15, 0.2) is 11.6 Å². The second kappa shape index (κ2) is 3.78. The molecule has 0 unspecified atom stereocenters. The molecule has 0 bridgehead atoms. The highest BCUT2D eigenvalue weighted by Gasteiger charge is 2.12. The summed E-state index contributed by atoms with van der Waals surface area (Å²) >= 11 is 0. The first-order valence-electron chi connectivity index (χ1n) is 4.29. The van der Waals surface area contributed by atoms with Gasteiger partial charge in [-0.1, -0.05) is 0 Å². The van der Waals surface area contributed by atoms with Crippen LogP contribution in [0.25, 0.3) is 5.69 Å². The SMILES string of the molecule is OCc1cc(F)c(-n2ccnc2)c(F)c1. The molecule has 1 N–H and O–H groups in total. The van der Waals surface area contributed by atoms with Crippen molar-refractivity contribution in [2.75, 3.05) is 0 Å². The van der Waals surface area contributed by atoms with Gasteiger partial charge in [-0.2, -0.15) is 0 Å². The Bertz CT molecular complexity index is 445. The molecule has 2 rings (SSSR count). The third-order valence-corrected chi connectivity index (χ3v) is 2.02. The van der Waals surface area contributed by atoms with Crippen LogP contribution in [0.4, 0.5) is 8.78 Å². The van der Waals surface area contributed by atoms with E-state index in [1.54, 1.807) is 0 Å². The zero-order valence-electron chi connectivity index (χ0n) is 7.69. The van der Waals surface area contributed by atoms with Gasteiger partial charge >= 0.3 is 0 Å². The molecule has 2 aromatic rings. The van der Waals surface area contributed by atoms with Gasteiger partial charge in [0.2, 0.25) is 0 Å². The third-order valence-electron chi connectivity index (χ3n) is 2.02. The molecule has 0 saturated heterocycles. The largest absolute Gasteiger partial charge is 0.392 e. The Balaban J connectivity index is 2.58. The van der Waals surface area contributed by atoms with Crippen LogP contribution in [0.2, 0.25) is 0 Å². The van der Waals surface area contributed by atoms with Gasteiger partial charge in [0.05, 0.1) is 12.9 Å². The lowest BCUT2D eigenvalue weighted by atomic mass is 10.2. The Morgan fingerprint density at radius 2 is 1.93 bits per heavy atom. The summed E-state index contributed by atoms with van der Waals surface area (Å²) < 4.78 is 28.2. The van der Waals surface area contributed by atoms with Crippen LogP contribution in [0.3, 0.4) is 0 Å². The van der Waals surface area contributed by atoms with Crippen LogP contribution >= 0.6 is 0 Å². The van der Waals surface area contributed by atoms with Crippen LogP contribution in [0.15, 0.2) is 30.9 Å². The predicted octanol–water partition coefficient (Wildman–Crippen LogP) is 1.64. The first kappa shape index (κ1) is 9.79. The minimum Gasteiger partial charge on any atom is -0.392 e. The van der Waals surface area contributed by atoms with E-state index in [9.17, 15) is 8.78 Å². The van der Waals surface area contributed by atoms with Crippen LogP contribution in [-0.2, 0) is 6.61 Å². The van der Waals surface area contributed by atoms with Crippen molar-refractivity contribution in [1.29, 1.82) is 0 Å². The number of benzene rings is 1. The van der Waals surface area contributed by atoms with E-state index in [-0.39, 0.29) is 11.3 Å². The summed E-state index contributed by atoms with van der Waals surface area (Å²) in [6.07, 6.45) is 4.18. The maximum atomic E-state index is 13.5. The van der Waals surface area contributed by atoms with Crippen LogP contribution < -0.4 is 0 Å². The van der Waals surface area contributed by atoms with Crippen molar-refractivity contribution in [1.82, 2.24) is 9.55 Å². The summed E-state index contributed by atoms with van der Waals surface area (Å²) in [5.74, 6) is -1.45. The summed E-state index contributed by atoms with van der Waals surface area (Å²) in [7, 11) is 0. The Hall–Kier alpha value is -1.75. The van der Waals surface area contributed by atoms with E-state index in [1.165, 1.54) is 23.3 Å². The molecular weight excluding hydrogens is 202 g/mol. The fourth-order valence-electron chi connectivity index (χ4n) is 1.35. The molecule has 0 radical (unpaired) electrons. The van der Waals surface area contributed by atoms with E-state index < -0.39 is 18.2 Å². The van der Waals surface area contributed by atoms with E-state index in [4.69, 9.17) is 5.11 Å². The van der Waals surface area contributed by atoms with Crippen LogP contribution in [0.1, 0.15) is 5.56 Å². The first-order valence-corrected chi connectivity index (χ1v) is 4.29. The monoisotopic (exact) mass is 210 g/mol. The van der Waals surface area contributed by atoms with Crippen molar-refractivity contribution in [3.8, 4) is 5.69 Å². The van der Waals surface area contributed by atoms with E-state index in [1.807, 2.05) is 0 Å². The zero-order chi connectivity index (χ0) is 10.8. The summed E-state index contributed by atoms with van der Waals surface area (Å²) in [6, 6.07) is 2.19. The lowest BCUT2D eigenvalue weighted by Crippen LogP contribution is -2.01. The third kappa shape index (κ3) is 1.73. The molecule has 15 heavy (non-hydrogen) atoms. The Kier molecular flexibility index (Phi) is 2.47. The number of nitrogens with zero attached hydrogens (tertiary/aromatic N) is 2. The molecule has 0 amide bonds. The Morgan fingerprint density at radius 3 is 2.40 bits per heavy atom. The molecule has 0 atom stereocenters. The molecule has 0 fully saturated rings. The molecule has 0 aliphatic carbocycles. The fraction of sp³-hybridized carbons (Fsp3) is 0.100. The minimum absolute atomic E-state index is 0.190. The number of aromatic nitrogens is 2. The number of imidazole rings is 1. The van der Waals surface area contributed by atoms with Crippen LogP contribution in [0.5, 0.6) is 0 Å². The molecule has 1 heterocycles. The first-order chi connectivity index (χ1) is 7.22. The molecule has 1 aromatic carbocycles. The molecule has 1 aromatic heterocycles. The van der Waals surface area contributed by atoms with Gasteiger partial charge in [-0.3, -0.25) is 0 Å². The summed E-state index contributed by atoms with van der Waals surface area (Å²) in [5, 5.41) is 8.76. The van der Waals surface area contributed by atoms with Gasteiger partial charge in [0.25, 0.3) is 0 Å². The van der Waals surface area contributed by atoms with Crippen molar-refractivity contribution in [2.24, 2.45) is 0 Å². The average molecular weight is 210 g/mol. The number of aliphatic hydroxyl groups is 1. The molecule has 0 aliphatic rings. The van der Waals surface area contributed by atoms with Gasteiger partial charge in [-0.05, 0) is 17.7 Å². The zero-order valence-corrected chi connectivity index (χ0v) is 7.69. The summed E-state index contributed by atoms with van der Waals surface area (Å²) in [4.78, 5) is 3.70. The highest BCUT2D eigenvalue weighted by molar-refractivity contribution is 5.38.